The fourth-order valence-electron chi connectivity index (χ4n) is 5.54. The lowest BCUT2D eigenvalue weighted by Crippen LogP contribution is -2.23. The zero-order valence-corrected chi connectivity index (χ0v) is 27.2. The van der Waals surface area contributed by atoms with E-state index in [-0.39, 0.29) is 37.3 Å². The standard InChI is InChI=1S/C33H28F3N5O4S2/c1-20-8-10-24(11-9-20)47(44,45)41-29(23-15-37-40(16-23)33(34,35)36)13-26-28(18-39(3)32(43)31(26)41)25-14-30(42)38(2)17-27(25)22-7-5-6-21(12-22)19-46-4/h5-18H,19H2,1-4H3. The van der Waals surface area contributed by atoms with Gasteiger partial charge in [0.2, 0.25) is 0 Å². The minimum absolute atomic E-state index is 0.133. The van der Waals surface area contributed by atoms with Crippen molar-refractivity contribution in [2.45, 2.75) is 23.9 Å². The summed E-state index contributed by atoms with van der Waals surface area (Å²) in [6, 6.07) is 16.4. The van der Waals surface area contributed by atoms with Crippen LogP contribution in [0.15, 0.2) is 99.9 Å². The van der Waals surface area contributed by atoms with Crippen LogP contribution in [0.1, 0.15) is 11.1 Å². The molecule has 0 saturated carbocycles. The van der Waals surface area contributed by atoms with Gasteiger partial charge in [-0.25, -0.2) is 12.4 Å². The van der Waals surface area contributed by atoms with Crippen molar-refractivity contribution in [1.29, 1.82) is 0 Å². The number of hydrogen-bond acceptors (Lipinski definition) is 6. The molecule has 0 aliphatic carbocycles. The molecule has 6 aromatic rings. The topological polar surface area (TPSA) is 101 Å². The van der Waals surface area contributed by atoms with Gasteiger partial charge < -0.3 is 9.13 Å². The monoisotopic (exact) mass is 679 g/mol. The van der Waals surface area contributed by atoms with Crippen LogP contribution in [0.3, 0.4) is 0 Å². The van der Waals surface area contributed by atoms with Crippen molar-refractivity contribution in [3.8, 4) is 33.5 Å². The summed E-state index contributed by atoms with van der Waals surface area (Å²) in [5, 5.41) is 3.55. The highest BCUT2D eigenvalue weighted by Gasteiger charge is 2.34. The summed E-state index contributed by atoms with van der Waals surface area (Å²) in [6.07, 6.45) is 1.85. The second-order valence-corrected chi connectivity index (χ2v) is 13.8. The van der Waals surface area contributed by atoms with Gasteiger partial charge in [0.25, 0.3) is 21.1 Å². The molecule has 0 unspecified atom stereocenters. The van der Waals surface area contributed by atoms with Gasteiger partial charge in [-0.3, -0.25) is 9.59 Å². The first-order valence-electron chi connectivity index (χ1n) is 14.2. The molecule has 0 spiro atoms. The van der Waals surface area contributed by atoms with Crippen LogP contribution in [0.5, 0.6) is 0 Å². The van der Waals surface area contributed by atoms with Crippen LogP contribution in [0.25, 0.3) is 44.4 Å². The van der Waals surface area contributed by atoms with Gasteiger partial charge in [-0.1, -0.05) is 42.0 Å². The highest BCUT2D eigenvalue weighted by Crippen LogP contribution is 2.39. The maximum atomic E-state index is 14.3. The summed E-state index contributed by atoms with van der Waals surface area (Å²) in [6.45, 7) is 1.78. The Hall–Kier alpha value is -4.82. The van der Waals surface area contributed by atoms with Crippen LogP contribution in [-0.2, 0) is 36.2 Å². The Labute approximate surface area is 271 Å². The van der Waals surface area contributed by atoms with Crippen molar-refractivity contribution in [2.24, 2.45) is 14.1 Å². The van der Waals surface area contributed by atoms with E-state index in [0.717, 1.165) is 32.6 Å². The summed E-state index contributed by atoms with van der Waals surface area (Å²) < 4.78 is 72.6. The maximum Gasteiger partial charge on any atom is 0.504 e. The normalized spacial score (nSPS) is 12.2. The fraction of sp³-hybridized carbons (Fsp3) is 0.182. The summed E-state index contributed by atoms with van der Waals surface area (Å²) in [5.74, 6) is 0.744. The van der Waals surface area contributed by atoms with Crippen LogP contribution in [0.2, 0.25) is 0 Å². The van der Waals surface area contributed by atoms with E-state index in [4.69, 9.17) is 0 Å². The average molecular weight is 680 g/mol. The number of fused-ring (bicyclic) bond motifs is 1. The Bertz CT molecular complexity index is 2400. The SMILES string of the molecule is CSCc1cccc(-c2cn(C)c(=O)cc2-c2cn(C)c(=O)c3c2cc(-c2cnn(C(F)(F)F)c2)n3S(=O)(=O)c2ccc(C)cc2)c1. The van der Waals surface area contributed by atoms with E-state index in [1.807, 2.05) is 30.5 Å². The van der Waals surface area contributed by atoms with Crippen LogP contribution >= 0.6 is 11.8 Å². The Morgan fingerprint density at radius 2 is 1.55 bits per heavy atom. The molecule has 0 aliphatic rings. The molecular weight excluding hydrogens is 652 g/mol. The molecule has 0 radical (unpaired) electrons. The summed E-state index contributed by atoms with van der Waals surface area (Å²) in [5.41, 5.74) is 2.26. The van der Waals surface area contributed by atoms with E-state index in [1.165, 1.54) is 46.6 Å². The number of alkyl halides is 3. The molecule has 4 aromatic heterocycles. The zero-order valence-electron chi connectivity index (χ0n) is 25.6. The number of nitrogens with zero attached hydrogens (tertiary/aromatic N) is 5. The Kier molecular flexibility index (Phi) is 8.04. The quantitative estimate of drug-likeness (QED) is 0.202. The smallest absolute Gasteiger partial charge is 0.318 e. The van der Waals surface area contributed by atoms with Crippen molar-refractivity contribution in [3.05, 3.63) is 117 Å². The number of pyridine rings is 2. The predicted octanol–water partition coefficient (Wildman–Crippen LogP) is 6.12. The van der Waals surface area contributed by atoms with E-state index in [9.17, 15) is 31.2 Å². The molecule has 242 valence electrons. The van der Waals surface area contributed by atoms with Crippen LogP contribution in [0.4, 0.5) is 13.2 Å². The highest BCUT2D eigenvalue weighted by atomic mass is 32.2. The van der Waals surface area contributed by atoms with E-state index >= 15 is 0 Å². The molecule has 0 aliphatic heterocycles. The Balaban J connectivity index is 1.74. The average Bonchev–Trinajstić information content (AvgIpc) is 3.68. The minimum Gasteiger partial charge on any atom is -0.318 e. The molecule has 9 nitrogen and oxygen atoms in total. The van der Waals surface area contributed by atoms with Crippen molar-refractivity contribution in [1.82, 2.24) is 22.9 Å². The third-order valence-corrected chi connectivity index (χ3v) is 10.2. The van der Waals surface area contributed by atoms with Gasteiger partial charge in [-0.15, -0.1) is 13.2 Å². The van der Waals surface area contributed by atoms with Gasteiger partial charge in [0.05, 0.1) is 16.8 Å². The number of aryl methyl sites for hydroxylation is 3. The first kappa shape index (κ1) is 32.1. The molecule has 0 atom stereocenters. The Morgan fingerprint density at radius 1 is 0.851 bits per heavy atom. The maximum absolute atomic E-state index is 14.3. The molecule has 2 aromatic carbocycles. The molecule has 6 rings (SSSR count). The van der Waals surface area contributed by atoms with E-state index < -0.39 is 21.9 Å². The summed E-state index contributed by atoms with van der Waals surface area (Å²) >= 11 is 1.65. The number of hydrogen-bond donors (Lipinski definition) is 0. The number of thioether (sulfide) groups is 1. The number of rotatable bonds is 7. The molecule has 47 heavy (non-hydrogen) atoms. The molecule has 0 fully saturated rings. The van der Waals surface area contributed by atoms with Crippen molar-refractivity contribution in [3.63, 3.8) is 0 Å². The third kappa shape index (κ3) is 5.71. The Morgan fingerprint density at radius 3 is 2.21 bits per heavy atom. The lowest BCUT2D eigenvalue weighted by molar-refractivity contribution is -0.212. The van der Waals surface area contributed by atoms with E-state index in [0.29, 0.717) is 22.9 Å². The van der Waals surface area contributed by atoms with Crippen LogP contribution in [0, 0.1) is 6.92 Å². The van der Waals surface area contributed by atoms with Gasteiger partial charge in [0.1, 0.15) is 5.52 Å². The first-order valence-corrected chi connectivity index (χ1v) is 17.0. The molecule has 0 N–H and O–H groups in total. The molecule has 0 amide bonds. The lowest BCUT2D eigenvalue weighted by atomic mass is 9.94. The second-order valence-electron chi connectivity index (χ2n) is 11.2. The molecule has 14 heteroatoms. The summed E-state index contributed by atoms with van der Waals surface area (Å²) in [7, 11) is -1.50. The number of benzene rings is 2. The number of aromatic nitrogens is 5. The van der Waals surface area contributed by atoms with Crippen molar-refractivity contribution < 1.29 is 21.6 Å². The van der Waals surface area contributed by atoms with E-state index in [2.05, 4.69) is 5.10 Å². The summed E-state index contributed by atoms with van der Waals surface area (Å²) in [4.78, 5) is 26.8. The number of halogens is 3. The molecular formula is C33H28F3N5O4S2. The van der Waals surface area contributed by atoms with Gasteiger partial charge in [-0.2, -0.15) is 21.5 Å². The van der Waals surface area contributed by atoms with Gasteiger partial charge in [0, 0.05) is 66.6 Å². The molecule has 4 heterocycles. The molecule has 0 saturated heterocycles. The van der Waals surface area contributed by atoms with Gasteiger partial charge >= 0.3 is 6.30 Å². The second kappa shape index (κ2) is 11.8. The minimum atomic E-state index is -4.87. The van der Waals surface area contributed by atoms with Crippen LogP contribution in [-0.4, -0.2) is 37.6 Å². The highest BCUT2D eigenvalue weighted by molar-refractivity contribution is 7.97. The van der Waals surface area contributed by atoms with Gasteiger partial charge in [0.15, 0.2) is 0 Å². The molecule has 0 bridgehead atoms. The first-order chi connectivity index (χ1) is 22.2. The predicted molar refractivity (Wildman–Crippen MR) is 177 cm³/mol. The van der Waals surface area contributed by atoms with Gasteiger partial charge in [-0.05, 0) is 48.1 Å². The largest absolute Gasteiger partial charge is 0.504 e. The third-order valence-electron chi connectivity index (χ3n) is 7.86. The zero-order chi connectivity index (χ0) is 33.8. The van der Waals surface area contributed by atoms with Crippen molar-refractivity contribution in [2.75, 3.05) is 6.26 Å². The van der Waals surface area contributed by atoms with Crippen LogP contribution < -0.4 is 11.1 Å². The fourth-order valence-corrected chi connectivity index (χ4v) is 7.58. The lowest BCUT2D eigenvalue weighted by Gasteiger charge is -2.15. The van der Waals surface area contributed by atoms with Crippen molar-refractivity contribution >= 4 is 32.7 Å². The van der Waals surface area contributed by atoms with E-state index in [1.54, 1.807) is 44.1 Å².